The lowest BCUT2D eigenvalue weighted by atomic mass is 9.90. The average Bonchev–Trinajstić information content (AvgIpc) is 3.78. The molecule has 3 amide bonds. The van der Waals surface area contributed by atoms with E-state index in [0.29, 0.717) is 32.1 Å². The van der Waals surface area contributed by atoms with E-state index in [0.717, 1.165) is 61.8 Å². The third-order valence-corrected chi connectivity index (χ3v) is 8.66. The van der Waals surface area contributed by atoms with Crippen LogP contribution in [0.2, 0.25) is 0 Å². The van der Waals surface area contributed by atoms with Gasteiger partial charge < -0.3 is 21.3 Å². The molecule has 11 nitrogen and oxygen atoms in total. The molecule has 2 heterocycles. The molecule has 2 aliphatic carbocycles. The summed E-state index contributed by atoms with van der Waals surface area (Å²) in [5, 5.41) is 2.59. The highest BCUT2D eigenvalue weighted by Crippen LogP contribution is 2.34. The number of carbonyl (C=O) groups is 2. The van der Waals surface area contributed by atoms with Crippen LogP contribution in [0.15, 0.2) is 29.2 Å². The molecular weight excluding hydrogens is 558 g/mol. The van der Waals surface area contributed by atoms with Crippen LogP contribution in [0.4, 0.5) is 19.4 Å². The number of hydrogen-bond donors (Lipinski definition) is 3. The molecule has 1 aromatic heterocycles. The van der Waals surface area contributed by atoms with E-state index < -0.39 is 28.9 Å². The monoisotopic (exact) mass is 600 g/mol. The Hall–Kier alpha value is -3.42. The van der Waals surface area contributed by atoms with Gasteiger partial charge in [-0.3, -0.25) is 19.6 Å². The van der Waals surface area contributed by atoms with Gasteiger partial charge in [0.25, 0.3) is 0 Å². The Morgan fingerprint density at radius 3 is 2.19 bits per heavy atom. The molecule has 3 fully saturated rings. The second-order valence-electron chi connectivity index (χ2n) is 12.7. The van der Waals surface area contributed by atoms with E-state index in [9.17, 15) is 14.4 Å². The summed E-state index contributed by atoms with van der Waals surface area (Å²) in [5.41, 5.74) is 10.2. The molecular formula is C30H42F2N8O3. The largest absolute Gasteiger partial charge is 0.354 e. The fraction of sp³-hybridized carbons (Fsp3) is 0.600. The highest BCUT2D eigenvalue weighted by atomic mass is 19.1. The van der Waals surface area contributed by atoms with Crippen molar-refractivity contribution in [2.75, 3.05) is 38.0 Å². The Kier molecular flexibility index (Phi) is 9.14. The van der Waals surface area contributed by atoms with Gasteiger partial charge in [-0.15, -0.1) is 0 Å². The number of amides is 3. The number of rotatable bonds is 8. The van der Waals surface area contributed by atoms with E-state index in [1.165, 1.54) is 17.2 Å². The molecule has 2 saturated carbocycles. The first-order valence-corrected chi connectivity index (χ1v) is 15.1. The minimum atomic E-state index is -0.995. The SMILES string of the molecule is CC(C)(N)C(=O)N1CCN(C(=O)Nc2ccn(-c3cc(F)c(CN(CC4CC4)[C@H]4CC[C@H](N)CC4)c(F)c3)c(=O)n2)CC1. The van der Waals surface area contributed by atoms with Crippen LogP contribution in [-0.2, 0) is 11.3 Å². The van der Waals surface area contributed by atoms with Crippen LogP contribution in [0.25, 0.3) is 5.69 Å². The minimum absolute atomic E-state index is 0.00771. The molecule has 13 heteroatoms. The average molecular weight is 601 g/mol. The van der Waals surface area contributed by atoms with Crippen molar-refractivity contribution in [3.63, 3.8) is 0 Å². The molecule has 234 valence electrons. The lowest BCUT2D eigenvalue weighted by Crippen LogP contribution is -2.58. The Labute approximate surface area is 250 Å². The van der Waals surface area contributed by atoms with Crippen molar-refractivity contribution < 1.29 is 18.4 Å². The van der Waals surface area contributed by atoms with Crippen molar-refractivity contribution >= 4 is 17.8 Å². The molecule has 3 aliphatic rings. The van der Waals surface area contributed by atoms with Gasteiger partial charge in [0.15, 0.2) is 0 Å². The van der Waals surface area contributed by atoms with Crippen molar-refractivity contribution in [2.24, 2.45) is 17.4 Å². The Bertz CT molecular complexity index is 1370. The first-order chi connectivity index (χ1) is 20.4. The van der Waals surface area contributed by atoms with Gasteiger partial charge in [0, 0.05) is 63.1 Å². The smallest absolute Gasteiger partial charge is 0.338 e. The molecule has 0 spiro atoms. The fourth-order valence-electron chi connectivity index (χ4n) is 5.90. The maximum Gasteiger partial charge on any atom is 0.354 e. The number of nitrogens with two attached hydrogens (primary N) is 2. The molecule has 2 aromatic rings. The van der Waals surface area contributed by atoms with Gasteiger partial charge in [0.2, 0.25) is 5.91 Å². The Morgan fingerprint density at radius 1 is 1.02 bits per heavy atom. The number of urea groups is 1. The molecule has 5 N–H and O–H groups in total. The third kappa shape index (κ3) is 7.57. The van der Waals surface area contributed by atoms with Crippen molar-refractivity contribution in [3.05, 3.63) is 52.1 Å². The van der Waals surface area contributed by atoms with Gasteiger partial charge in [-0.05, 0) is 76.5 Å². The van der Waals surface area contributed by atoms with Crippen molar-refractivity contribution in [1.82, 2.24) is 24.3 Å². The summed E-state index contributed by atoms with van der Waals surface area (Å²) in [6, 6.07) is 3.66. The zero-order chi connectivity index (χ0) is 30.9. The zero-order valence-corrected chi connectivity index (χ0v) is 24.9. The summed E-state index contributed by atoms with van der Waals surface area (Å²) >= 11 is 0. The second-order valence-corrected chi connectivity index (χ2v) is 12.7. The van der Waals surface area contributed by atoms with E-state index in [1.807, 2.05) is 0 Å². The normalized spacial score (nSPS) is 21.3. The quantitative estimate of drug-likeness (QED) is 0.422. The second kappa shape index (κ2) is 12.7. The zero-order valence-electron chi connectivity index (χ0n) is 24.9. The van der Waals surface area contributed by atoms with Crippen LogP contribution in [0, 0.1) is 17.6 Å². The van der Waals surface area contributed by atoms with E-state index in [2.05, 4.69) is 15.2 Å². The lowest BCUT2D eigenvalue weighted by molar-refractivity contribution is -0.137. The number of nitrogens with zero attached hydrogens (tertiary/aromatic N) is 5. The number of aromatic nitrogens is 2. The van der Waals surface area contributed by atoms with E-state index in [4.69, 9.17) is 11.5 Å². The number of halogens is 2. The first-order valence-electron chi connectivity index (χ1n) is 15.1. The van der Waals surface area contributed by atoms with Gasteiger partial charge in [-0.2, -0.15) is 4.98 Å². The number of hydrogen-bond acceptors (Lipinski definition) is 7. The topological polar surface area (TPSA) is 143 Å². The standard InChI is InChI=1S/C30H42F2N8O3/c1-30(2,34)27(41)37-11-13-38(14-12-37)28(42)35-26-9-10-40(29(43)36-26)22-15-24(31)23(25(32)16-22)18-39(17-19-3-4-19)21-7-5-20(33)6-8-21/h9-10,15-16,19-21H,3-8,11-14,17-18,33-34H2,1-2H3,(H,35,36,42,43)/t20-,21-. The molecule has 0 atom stereocenters. The summed E-state index contributed by atoms with van der Waals surface area (Å²) in [4.78, 5) is 47.2. The molecule has 5 rings (SSSR count). The van der Waals surface area contributed by atoms with Gasteiger partial charge in [-0.1, -0.05) is 0 Å². The van der Waals surface area contributed by atoms with Gasteiger partial charge in [0.1, 0.15) is 17.5 Å². The number of piperazine rings is 1. The van der Waals surface area contributed by atoms with Gasteiger partial charge >= 0.3 is 11.7 Å². The van der Waals surface area contributed by atoms with Crippen molar-refractivity contribution in [2.45, 2.75) is 76.5 Å². The molecule has 1 aliphatic heterocycles. The molecule has 43 heavy (non-hydrogen) atoms. The summed E-state index contributed by atoms with van der Waals surface area (Å²) in [6.45, 7) is 5.51. The number of benzene rings is 1. The summed E-state index contributed by atoms with van der Waals surface area (Å²) in [5.74, 6) is -1.05. The van der Waals surface area contributed by atoms with Gasteiger partial charge in [-0.25, -0.2) is 18.4 Å². The summed E-state index contributed by atoms with van der Waals surface area (Å²) in [7, 11) is 0. The predicted molar refractivity (Wildman–Crippen MR) is 159 cm³/mol. The maximum absolute atomic E-state index is 15.4. The highest BCUT2D eigenvalue weighted by Gasteiger charge is 2.33. The predicted octanol–water partition coefficient (Wildman–Crippen LogP) is 2.41. The number of carbonyl (C=O) groups excluding carboxylic acids is 2. The third-order valence-electron chi connectivity index (χ3n) is 8.66. The first kappa shape index (κ1) is 31.0. The van der Waals surface area contributed by atoms with E-state index >= 15 is 8.78 Å². The lowest BCUT2D eigenvalue weighted by Gasteiger charge is -2.37. The minimum Gasteiger partial charge on any atom is -0.338 e. The molecule has 0 radical (unpaired) electrons. The fourth-order valence-corrected chi connectivity index (χ4v) is 5.90. The molecule has 0 bridgehead atoms. The highest BCUT2D eigenvalue weighted by molar-refractivity contribution is 5.89. The van der Waals surface area contributed by atoms with E-state index in [-0.39, 0.29) is 41.6 Å². The van der Waals surface area contributed by atoms with E-state index in [1.54, 1.807) is 18.7 Å². The van der Waals surface area contributed by atoms with Crippen LogP contribution in [0.5, 0.6) is 0 Å². The molecule has 1 aromatic carbocycles. The van der Waals surface area contributed by atoms with Crippen molar-refractivity contribution in [3.8, 4) is 5.69 Å². The number of anilines is 1. The Morgan fingerprint density at radius 2 is 1.63 bits per heavy atom. The van der Waals surface area contributed by atoms with Crippen LogP contribution >= 0.6 is 0 Å². The molecule has 0 unspecified atom stereocenters. The summed E-state index contributed by atoms with van der Waals surface area (Å²) in [6.07, 6.45) is 7.26. The van der Waals surface area contributed by atoms with Crippen LogP contribution in [0.3, 0.4) is 0 Å². The van der Waals surface area contributed by atoms with Crippen LogP contribution in [-0.4, -0.2) is 86.5 Å². The van der Waals surface area contributed by atoms with Gasteiger partial charge in [0.05, 0.1) is 11.2 Å². The summed E-state index contributed by atoms with van der Waals surface area (Å²) < 4.78 is 31.7. The van der Waals surface area contributed by atoms with Crippen LogP contribution < -0.4 is 22.5 Å². The maximum atomic E-state index is 15.4. The van der Waals surface area contributed by atoms with Crippen molar-refractivity contribution in [1.29, 1.82) is 0 Å². The molecule has 1 saturated heterocycles. The number of nitrogens with one attached hydrogen (secondary N) is 1. The van der Waals surface area contributed by atoms with Crippen LogP contribution in [0.1, 0.15) is 57.9 Å². The Balaban J connectivity index is 1.23.